The molecule has 2 aromatic rings. The van der Waals surface area contributed by atoms with E-state index in [4.69, 9.17) is 9.15 Å². The van der Waals surface area contributed by atoms with E-state index in [0.29, 0.717) is 0 Å². The predicted octanol–water partition coefficient (Wildman–Crippen LogP) is 4.97. The van der Waals surface area contributed by atoms with E-state index in [1.54, 1.807) is 7.11 Å². The zero-order valence-electron chi connectivity index (χ0n) is 11.7. The standard InChI is InChI=1S/C15H17Br2NO2/c1-9-4-5-14(20-9)10(2)18-8-11-6-12(16)15(19-3)13(17)7-11/h4-7,10,18H,8H2,1-3H3. The number of rotatable bonds is 5. The molecule has 1 atom stereocenters. The SMILES string of the molecule is COc1c(Br)cc(CNC(C)c2ccc(C)o2)cc1Br. The van der Waals surface area contributed by atoms with Gasteiger partial charge in [0.05, 0.1) is 22.1 Å². The number of hydrogen-bond acceptors (Lipinski definition) is 3. The lowest BCUT2D eigenvalue weighted by atomic mass is 10.2. The van der Waals surface area contributed by atoms with E-state index in [0.717, 1.165) is 32.8 Å². The van der Waals surface area contributed by atoms with Crippen LogP contribution in [0.25, 0.3) is 0 Å². The summed E-state index contributed by atoms with van der Waals surface area (Å²) in [6.07, 6.45) is 0. The average molecular weight is 403 g/mol. The van der Waals surface area contributed by atoms with Crippen molar-refractivity contribution < 1.29 is 9.15 Å². The van der Waals surface area contributed by atoms with Gasteiger partial charge in [0.15, 0.2) is 0 Å². The Morgan fingerprint density at radius 2 is 1.90 bits per heavy atom. The van der Waals surface area contributed by atoms with Crippen LogP contribution in [0.3, 0.4) is 0 Å². The van der Waals surface area contributed by atoms with E-state index in [1.165, 1.54) is 5.56 Å². The Morgan fingerprint density at radius 1 is 1.25 bits per heavy atom. The van der Waals surface area contributed by atoms with Crippen LogP contribution < -0.4 is 10.1 Å². The lowest BCUT2D eigenvalue weighted by molar-refractivity contribution is 0.407. The molecule has 0 saturated heterocycles. The van der Waals surface area contributed by atoms with Crippen LogP contribution in [0, 0.1) is 6.92 Å². The Hall–Kier alpha value is -0.780. The highest BCUT2D eigenvalue weighted by molar-refractivity contribution is 9.11. The summed E-state index contributed by atoms with van der Waals surface area (Å²) in [6, 6.07) is 8.26. The van der Waals surface area contributed by atoms with E-state index < -0.39 is 0 Å². The zero-order chi connectivity index (χ0) is 14.7. The summed E-state index contributed by atoms with van der Waals surface area (Å²) in [5, 5.41) is 3.44. The van der Waals surface area contributed by atoms with Crippen molar-refractivity contribution in [3.05, 3.63) is 50.3 Å². The molecule has 0 fully saturated rings. The fourth-order valence-corrected chi connectivity index (χ4v) is 3.57. The van der Waals surface area contributed by atoms with Gasteiger partial charge in [-0.3, -0.25) is 0 Å². The molecule has 0 aliphatic carbocycles. The van der Waals surface area contributed by atoms with Crippen LogP contribution in [0.1, 0.15) is 30.0 Å². The number of aryl methyl sites for hydroxylation is 1. The van der Waals surface area contributed by atoms with Gasteiger partial charge in [0.25, 0.3) is 0 Å². The van der Waals surface area contributed by atoms with E-state index in [9.17, 15) is 0 Å². The predicted molar refractivity (Wildman–Crippen MR) is 87.1 cm³/mol. The Labute approximate surface area is 136 Å². The molecule has 0 bridgehead atoms. The van der Waals surface area contributed by atoms with Gasteiger partial charge >= 0.3 is 0 Å². The molecule has 2 rings (SSSR count). The molecule has 1 N–H and O–H groups in total. The molecule has 20 heavy (non-hydrogen) atoms. The summed E-state index contributed by atoms with van der Waals surface area (Å²) in [4.78, 5) is 0. The lowest BCUT2D eigenvalue weighted by Gasteiger charge is -2.13. The highest BCUT2D eigenvalue weighted by Gasteiger charge is 2.11. The maximum absolute atomic E-state index is 5.62. The van der Waals surface area contributed by atoms with Crippen LogP contribution >= 0.6 is 31.9 Å². The molecule has 108 valence electrons. The van der Waals surface area contributed by atoms with Crippen molar-refractivity contribution >= 4 is 31.9 Å². The van der Waals surface area contributed by atoms with Gasteiger partial charge in [0, 0.05) is 6.54 Å². The highest BCUT2D eigenvalue weighted by Crippen LogP contribution is 2.34. The number of benzene rings is 1. The number of hydrogen-bond donors (Lipinski definition) is 1. The minimum absolute atomic E-state index is 0.170. The second-order valence-electron chi connectivity index (χ2n) is 4.64. The van der Waals surface area contributed by atoms with E-state index in [-0.39, 0.29) is 6.04 Å². The summed E-state index contributed by atoms with van der Waals surface area (Å²) >= 11 is 7.02. The first-order valence-electron chi connectivity index (χ1n) is 6.33. The van der Waals surface area contributed by atoms with Gasteiger partial charge in [-0.05, 0) is 75.5 Å². The molecule has 0 saturated carbocycles. The van der Waals surface area contributed by atoms with Crippen LogP contribution in [0.2, 0.25) is 0 Å². The van der Waals surface area contributed by atoms with E-state index >= 15 is 0 Å². The molecule has 5 heteroatoms. The molecule has 0 spiro atoms. The monoisotopic (exact) mass is 401 g/mol. The van der Waals surface area contributed by atoms with Gasteiger partial charge in [-0.1, -0.05) is 0 Å². The van der Waals surface area contributed by atoms with Crippen molar-refractivity contribution in [3.63, 3.8) is 0 Å². The van der Waals surface area contributed by atoms with Gasteiger partial charge in [0.1, 0.15) is 17.3 Å². The average Bonchev–Trinajstić information content (AvgIpc) is 2.82. The maximum atomic E-state index is 5.62. The van der Waals surface area contributed by atoms with Crippen molar-refractivity contribution in [1.82, 2.24) is 5.32 Å². The van der Waals surface area contributed by atoms with Crippen LogP contribution in [0.15, 0.2) is 37.6 Å². The zero-order valence-corrected chi connectivity index (χ0v) is 14.8. The van der Waals surface area contributed by atoms with Crippen molar-refractivity contribution in [2.24, 2.45) is 0 Å². The Kier molecular flexibility index (Phi) is 5.29. The fraction of sp³-hybridized carbons (Fsp3) is 0.333. The summed E-state index contributed by atoms with van der Waals surface area (Å²) in [7, 11) is 1.66. The first-order valence-corrected chi connectivity index (χ1v) is 7.91. The fourth-order valence-electron chi connectivity index (χ4n) is 1.97. The molecule has 1 aromatic carbocycles. The number of nitrogens with one attached hydrogen (secondary N) is 1. The summed E-state index contributed by atoms with van der Waals surface area (Å²) in [6.45, 7) is 4.79. The van der Waals surface area contributed by atoms with Gasteiger partial charge in [-0.25, -0.2) is 0 Å². The number of ether oxygens (including phenoxy) is 1. The third kappa shape index (κ3) is 3.65. The molecule has 0 aliphatic heterocycles. The summed E-state index contributed by atoms with van der Waals surface area (Å²) in [5.74, 6) is 2.70. The van der Waals surface area contributed by atoms with Gasteiger partial charge in [-0.15, -0.1) is 0 Å². The molecule has 1 aromatic heterocycles. The van der Waals surface area contributed by atoms with Crippen LogP contribution in [0.5, 0.6) is 5.75 Å². The van der Waals surface area contributed by atoms with Gasteiger partial charge in [-0.2, -0.15) is 0 Å². The van der Waals surface area contributed by atoms with Crippen LogP contribution in [-0.2, 0) is 6.54 Å². The highest BCUT2D eigenvalue weighted by atomic mass is 79.9. The van der Waals surface area contributed by atoms with E-state index in [2.05, 4.69) is 56.2 Å². The third-order valence-electron chi connectivity index (χ3n) is 3.06. The normalized spacial score (nSPS) is 12.4. The first kappa shape index (κ1) is 15.6. The molecule has 0 aliphatic rings. The first-order chi connectivity index (χ1) is 9.51. The number of halogens is 2. The Balaban J connectivity index is 2.04. The van der Waals surface area contributed by atoms with Crippen molar-refractivity contribution in [3.8, 4) is 5.75 Å². The second kappa shape index (κ2) is 6.78. The topological polar surface area (TPSA) is 34.4 Å². The molecule has 3 nitrogen and oxygen atoms in total. The molecular weight excluding hydrogens is 386 g/mol. The Bertz CT molecular complexity index is 572. The molecule has 0 amide bonds. The Morgan fingerprint density at radius 3 is 2.40 bits per heavy atom. The molecule has 1 heterocycles. The molecule has 1 unspecified atom stereocenters. The summed E-state index contributed by atoms with van der Waals surface area (Å²) in [5.41, 5.74) is 1.17. The van der Waals surface area contributed by atoms with E-state index in [1.807, 2.05) is 19.1 Å². The minimum Gasteiger partial charge on any atom is -0.494 e. The van der Waals surface area contributed by atoms with Crippen molar-refractivity contribution in [1.29, 1.82) is 0 Å². The van der Waals surface area contributed by atoms with Gasteiger partial charge in [0.2, 0.25) is 0 Å². The maximum Gasteiger partial charge on any atom is 0.147 e. The van der Waals surface area contributed by atoms with Crippen LogP contribution in [0.4, 0.5) is 0 Å². The lowest BCUT2D eigenvalue weighted by Crippen LogP contribution is -2.17. The summed E-state index contributed by atoms with van der Waals surface area (Å²) < 4.78 is 12.8. The van der Waals surface area contributed by atoms with Crippen molar-refractivity contribution in [2.45, 2.75) is 26.4 Å². The third-order valence-corrected chi connectivity index (χ3v) is 4.24. The largest absolute Gasteiger partial charge is 0.494 e. The smallest absolute Gasteiger partial charge is 0.147 e. The number of methoxy groups -OCH3 is 1. The quantitative estimate of drug-likeness (QED) is 0.766. The second-order valence-corrected chi connectivity index (χ2v) is 6.35. The number of furan rings is 1. The van der Waals surface area contributed by atoms with Crippen LogP contribution in [-0.4, -0.2) is 7.11 Å². The van der Waals surface area contributed by atoms with Gasteiger partial charge < -0.3 is 14.5 Å². The molecule has 0 radical (unpaired) electrons. The molecular formula is C15H17Br2NO2. The minimum atomic E-state index is 0.170. The van der Waals surface area contributed by atoms with Crippen molar-refractivity contribution in [2.75, 3.05) is 7.11 Å².